The monoisotopic (exact) mass is 311 g/mol. The molecule has 0 heterocycles. The van der Waals surface area contributed by atoms with Crippen LogP contribution in [0.1, 0.15) is 24.8 Å². The third kappa shape index (κ3) is 5.50. The van der Waals surface area contributed by atoms with Crippen LogP contribution in [0.25, 0.3) is 0 Å². The van der Waals surface area contributed by atoms with Gasteiger partial charge in [-0.05, 0) is 30.0 Å². The molecule has 1 aromatic rings. The average molecular weight is 311 g/mol. The standard InChI is InChI=1S/C16H23F2N3O/c1-19-16(20-10-9-12-3-4-12)21(2)11-13-5-7-14(8-6-13)22-15(17)18/h5-8,12,15H,3-4,9-11H2,1-2H3,(H,19,20). The highest BCUT2D eigenvalue weighted by Gasteiger charge is 2.20. The van der Waals surface area contributed by atoms with Crippen LogP contribution < -0.4 is 10.1 Å². The Morgan fingerprint density at radius 2 is 2.05 bits per heavy atom. The van der Waals surface area contributed by atoms with E-state index in [1.54, 1.807) is 31.3 Å². The minimum atomic E-state index is -2.79. The second kappa shape index (κ2) is 7.96. The van der Waals surface area contributed by atoms with E-state index in [-0.39, 0.29) is 5.75 Å². The van der Waals surface area contributed by atoms with Crippen molar-refractivity contribution in [2.75, 3.05) is 20.6 Å². The number of rotatable bonds is 7. The number of ether oxygens (including phenoxy) is 1. The van der Waals surface area contributed by atoms with Gasteiger partial charge in [-0.1, -0.05) is 25.0 Å². The third-order valence-corrected chi connectivity index (χ3v) is 3.67. The van der Waals surface area contributed by atoms with Gasteiger partial charge in [0.2, 0.25) is 0 Å². The van der Waals surface area contributed by atoms with Gasteiger partial charge in [0.15, 0.2) is 5.96 Å². The van der Waals surface area contributed by atoms with Crippen LogP contribution in [0.4, 0.5) is 8.78 Å². The van der Waals surface area contributed by atoms with Crippen molar-refractivity contribution in [3.05, 3.63) is 29.8 Å². The Morgan fingerprint density at radius 3 is 2.59 bits per heavy atom. The maximum absolute atomic E-state index is 12.1. The first kappa shape index (κ1) is 16.5. The van der Waals surface area contributed by atoms with E-state index in [0.29, 0.717) is 6.54 Å². The Labute approximate surface area is 130 Å². The van der Waals surface area contributed by atoms with Crippen molar-refractivity contribution in [1.82, 2.24) is 10.2 Å². The molecule has 0 aliphatic heterocycles. The van der Waals surface area contributed by atoms with E-state index in [0.717, 1.165) is 24.0 Å². The molecule has 1 aliphatic carbocycles. The zero-order chi connectivity index (χ0) is 15.9. The van der Waals surface area contributed by atoms with Crippen molar-refractivity contribution in [3.63, 3.8) is 0 Å². The first-order chi connectivity index (χ1) is 10.6. The zero-order valence-electron chi connectivity index (χ0n) is 13.1. The Bertz CT molecular complexity index is 487. The number of nitrogens with one attached hydrogen (secondary N) is 1. The first-order valence-electron chi connectivity index (χ1n) is 7.54. The normalized spacial score (nSPS) is 15.0. The molecule has 1 aliphatic rings. The highest BCUT2D eigenvalue weighted by atomic mass is 19.3. The van der Waals surface area contributed by atoms with Crippen LogP contribution in [0.3, 0.4) is 0 Å². The molecule has 122 valence electrons. The number of hydrogen-bond acceptors (Lipinski definition) is 2. The van der Waals surface area contributed by atoms with Crippen molar-refractivity contribution in [2.45, 2.75) is 32.4 Å². The van der Waals surface area contributed by atoms with Gasteiger partial charge in [-0.2, -0.15) is 8.78 Å². The molecule has 2 rings (SSSR count). The van der Waals surface area contributed by atoms with Gasteiger partial charge in [-0.15, -0.1) is 0 Å². The van der Waals surface area contributed by atoms with Gasteiger partial charge in [-0.25, -0.2) is 0 Å². The number of hydrogen-bond donors (Lipinski definition) is 1. The van der Waals surface area contributed by atoms with E-state index < -0.39 is 6.61 Å². The smallest absolute Gasteiger partial charge is 0.387 e. The third-order valence-electron chi connectivity index (χ3n) is 3.67. The molecule has 0 aromatic heterocycles. The maximum Gasteiger partial charge on any atom is 0.387 e. The molecule has 6 heteroatoms. The fourth-order valence-electron chi connectivity index (χ4n) is 2.30. The summed E-state index contributed by atoms with van der Waals surface area (Å²) < 4.78 is 28.6. The largest absolute Gasteiger partial charge is 0.435 e. The van der Waals surface area contributed by atoms with Gasteiger partial charge >= 0.3 is 6.61 Å². The molecular formula is C16H23F2N3O. The van der Waals surface area contributed by atoms with Crippen LogP contribution >= 0.6 is 0 Å². The molecule has 1 aromatic carbocycles. The van der Waals surface area contributed by atoms with Crippen LogP contribution in [0.2, 0.25) is 0 Å². The van der Waals surface area contributed by atoms with Crippen LogP contribution in [-0.2, 0) is 6.54 Å². The Balaban J connectivity index is 1.81. The topological polar surface area (TPSA) is 36.9 Å². The quantitative estimate of drug-likeness (QED) is 0.621. The van der Waals surface area contributed by atoms with E-state index in [1.807, 2.05) is 11.9 Å². The average Bonchev–Trinajstić information content (AvgIpc) is 3.29. The number of guanidine groups is 1. The van der Waals surface area contributed by atoms with E-state index in [2.05, 4.69) is 15.0 Å². The second-order valence-corrected chi connectivity index (χ2v) is 5.58. The molecule has 1 saturated carbocycles. The Hall–Kier alpha value is -1.85. The molecule has 1 fully saturated rings. The lowest BCUT2D eigenvalue weighted by Gasteiger charge is -2.22. The lowest BCUT2D eigenvalue weighted by Crippen LogP contribution is -2.39. The van der Waals surface area contributed by atoms with Crippen LogP contribution in [0, 0.1) is 5.92 Å². The molecule has 0 saturated heterocycles. The zero-order valence-corrected chi connectivity index (χ0v) is 13.1. The number of alkyl halides is 2. The highest BCUT2D eigenvalue weighted by molar-refractivity contribution is 5.79. The summed E-state index contributed by atoms with van der Waals surface area (Å²) in [6, 6.07) is 6.68. The summed E-state index contributed by atoms with van der Waals surface area (Å²) in [7, 11) is 3.71. The van der Waals surface area contributed by atoms with Gasteiger partial charge in [0.1, 0.15) is 5.75 Å². The molecule has 0 radical (unpaired) electrons. The molecule has 22 heavy (non-hydrogen) atoms. The molecule has 0 atom stereocenters. The molecule has 1 N–H and O–H groups in total. The van der Waals surface area contributed by atoms with Crippen molar-refractivity contribution in [1.29, 1.82) is 0 Å². The summed E-state index contributed by atoms with van der Waals surface area (Å²) in [5.74, 6) is 1.90. The van der Waals surface area contributed by atoms with E-state index in [4.69, 9.17) is 0 Å². The van der Waals surface area contributed by atoms with Crippen molar-refractivity contribution < 1.29 is 13.5 Å². The lowest BCUT2D eigenvalue weighted by molar-refractivity contribution is -0.0498. The molecule has 0 amide bonds. The highest BCUT2D eigenvalue weighted by Crippen LogP contribution is 2.31. The van der Waals surface area contributed by atoms with Crippen molar-refractivity contribution in [2.24, 2.45) is 10.9 Å². The van der Waals surface area contributed by atoms with Gasteiger partial charge in [0.05, 0.1) is 0 Å². The lowest BCUT2D eigenvalue weighted by atomic mass is 10.2. The van der Waals surface area contributed by atoms with E-state index in [1.165, 1.54) is 19.3 Å². The first-order valence-corrected chi connectivity index (χ1v) is 7.54. The minimum absolute atomic E-state index is 0.174. The van der Waals surface area contributed by atoms with Gasteiger partial charge in [0.25, 0.3) is 0 Å². The van der Waals surface area contributed by atoms with E-state index in [9.17, 15) is 8.78 Å². The number of aliphatic imine (C=N–C) groups is 1. The summed E-state index contributed by atoms with van der Waals surface area (Å²) in [5.41, 5.74) is 1.01. The van der Waals surface area contributed by atoms with Crippen LogP contribution in [0.5, 0.6) is 5.75 Å². The van der Waals surface area contributed by atoms with Crippen LogP contribution in [0.15, 0.2) is 29.3 Å². The fourth-order valence-corrected chi connectivity index (χ4v) is 2.30. The van der Waals surface area contributed by atoms with Gasteiger partial charge in [-0.3, -0.25) is 4.99 Å². The van der Waals surface area contributed by atoms with Gasteiger partial charge in [0, 0.05) is 27.2 Å². The van der Waals surface area contributed by atoms with Crippen molar-refractivity contribution in [3.8, 4) is 5.75 Å². The summed E-state index contributed by atoms with van der Waals surface area (Å²) >= 11 is 0. The van der Waals surface area contributed by atoms with E-state index >= 15 is 0 Å². The predicted octanol–water partition coefficient (Wildman–Crippen LogP) is 3.10. The van der Waals surface area contributed by atoms with Crippen LogP contribution in [-0.4, -0.2) is 38.1 Å². The summed E-state index contributed by atoms with van der Waals surface area (Å²) in [5, 5.41) is 3.35. The molecular weight excluding hydrogens is 288 g/mol. The molecule has 4 nitrogen and oxygen atoms in total. The summed E-state index contributed by atoms with van der Waals surface area (Å²) in [4.78, 5) is 6.28. The Morgan fingerprint density at radius 1 is 1.36 bits per heavy atom. The number of benzene rings is 1. The maximum atomic E-state index is 12.1. The SMILES string of the molecule is CN=C(NCCC1CC1)N(C)Cc1ccc(OC(F)F)cc1. The summed E-state index contributed by atoms with van der Waals surface area (Å²) in [6.45, 7) is -1.20. The molecule has 0 unspecified atom stereocenters. The summed E-state index contributed by atoms with van der Waals surface area (Å²) in [6.07, 6.45) is 3.89. The Kier molecular flexibility index (Phi) is 5.98. The predicted molar refractivity (Wildman–Crippen MR) is 83.2 cm³/mol. The molecule has 0 bridgehead atoms. The second-order valence-electron chi connectivity index (χ2n) is 5.58. The molecule has 0 spiro atoms. The van der Waals surface area contributed by atoms with Crippen molar-refractivity contribution >= 4 is 5.96 Å². The number of halogens is 2. The fraction of sp³-hybridized carbons (Fsp3) is 0.562. The van der Waals surface area contributed by atoms with Gasteiger partial charge < -0.3 is 15.0 Å². The minimum Gasteiger partial charge on any atom is -0.435 e. The number of nitrogens with zero attached hydrogens (tertiary/aromatic N) is 2.